The highest BCUT2D eigenvalue weighted by atomic mass is 16.5. The lowest BCUT2D eigenvalue weighted by atomic mass is 10.1. The predicted octanol–water partition coefficient (Wildman–Crippen LogP) is 3.80. The Kier molecular flexibility index (Phi) is 10.3. The van der Waals surface area contributed by atoms with Gasteiger partial charge in [0.05, 0.1) is 34.5 Å². The maximum Gasteiger partial charge on any atom is 0.191 e. The Morgan fingerprint density at radius 3 is 2.13 bits per heavy atom. The van der Waals surface area contributed by atoms with Gasteiger partial charge in [0.15, 0.2) is 29.0 Å². The standard InChI is InChI=1S/C24H35N3O4/c1-6-14-31-21-11-9-19(16-23(21)30-5)17-27-24(25-7-2)26-13-12-18-8-10-20(28-3)22(15-18)29-4/h8-11,15-16H,6-7,12-14,17H2,1-5H3,(H2,25,26,27). The van der Waals surface area contributed by atoms with Gasteiger partial charge in [0.2, 0.25) is 0 Å². The van der Waals surface area contributed by atoms with Crippen molar-refractivity contribution in [1.29, 1.82) is 0 Å². The number of rotatable bonds is 12. The van der Waals surface area contributed by atoms with Gasteiger partial charge >= 0.3 is 0 Å². The van der Waals surface area contributed by atoms with Gasteiger partial charge in [-0.2, -0.15) is 0 Å². The van der Waals surface area contributed by atoms with Gasteiger partial charge in [-0.1, -0.05) is 19.1 Å². The maximum absolute atomic E-state index is 5.72. The van der Waals surface area contributed by atoms with Gasteiger partial charge in [-0.25, -0.2) is 4.99 Å². The Morgan fingerprint density at radius 1 is 0.806 bits per heavy atom. The largest absolute Gasteiger partial charge is 0.493 e. The van der Waals surface area contributed by atoms with E-state index in [1.165, 1.54) is 0 Å². The molecule has 0 aliphatic carbocycles. The fourth-order valence-corrected chi connectivity index (χ4v) is 3.02. The van der Waals surface area contributed by atoms with Crippen LogP contribution in [0, 0.1) is 0 Å². The second-order valence-corrected chi connectivity index (χ2v) is 6.89. The Balaban J connectivity index is 1.97. The summed E-state index contributed by atoms with van der Waals surface area (Å²) in [7, 11) is 4.94. The molecule has 7 nitrogen and oxygen atoms in total. The summed E-state index contributed by atoms with van der Waals surface area (Å²) in [5.74, 6) is 3.73. The number of nitrogens with one attached hydrogen (secondary N) is 2. The molecular weight excluding hydrogens is 394 g/mol. The van der Waals surface area contributed by atoms with Gasteiger partial charge in [0.1, 0.15) is 0 Å². The monoisotopic (exact) mass is 429 g/mol. The summed E-state index contributed by atoms with van der Waals surface area (Å²) in [6.07, 6.45) is 1.79. The Labute approximate surface area is 185 Å². The smallest absolute Gasteiger partial charge is 0.191 e. The Hall–Kier alpha value is -3.09. The van der Waals surface area contributed by atoms with Crippen molar-refractivity contribution in [2.24, 2.45) is 4.99 Å². The zero-order valence-corrected chi connectivity index (χ0v) is 19.3. The van der Waals surface area contributed by atoms with Crippen LogP contribution in [0.3, 0.4) is 0 Å². The summed E-state index contributed by atoms with van der Waals surface area (Å²) in [5.41, 5.74) is 2.21. The van der Waals surface area contributed by atoms with Gasteiger partial charge < -0.3 is 29.6 Å². The summed E-state index contributed by atoms with van der Waals surface area (Å²) in [6.45, 7) is 6.87. The first-order valence-corrected chi connectivity index (χ1v) is 10.7. The van der Waals surface area contributed by atoms with Gasteiger partial charge in [-0.15, -0.1) is 0 Å². The third-order valence-electron chi connectivity index (χ3n) is 4.61. The summed E-state index contributed by atoms with van der Waals surface area (Å²) in [6, 6.07) is 11.9. The van der Waals surface area contributed by atoms with E-state index in [2.05, 4.69) is 24.5 Å². The number of methoxy groups -OCH3 is 3. The molecule has 0 fully saturated rings. The Bertz CT molecular complexity index is 840. The van der Waals surface area contributed by atoms with E-state index in [0.29, 0.717) is 13.2 Å². The Morgan fingerprint density at radius 2 is 1.45 bits per heavy atom. The van der Waals surface area contributed by atoms with Crippen molar-refractivity contribution in [3.8, 4) is 23.0 Å². The molecule has 0 bridgehead atoms. The number of hydrogen-bond donors (Lipinski definition) is 2. The first-order valence-electron chi connectivity index (χ1n) is 10.7. The second-order valence-electron chi connectivity index (χ2n) is 6.89. The molecule has 0 aliphatic heterocycles. The van der Waals surface area contributed by atoms with Crippen LogP contribution in [0.1, 0.15) is 31.4 Å². The number of aliphatic imine (C=N–C) groups is 1. The van der Waals surface area contributed by atoms with E-state index >= 15 is 0 Å². The van der Waals surface area contributed by atoms with Crippen LogP contribution in [0.2, 0.25) is 0 Å². The molecule has 0 amide bonds. The molecule has 2 rings (SSSR count). The van der Waals surface area contributed by atoms with E-state index in [-0.39, 0.29) is 0 Å². The summed E-state index contributed by atoms with van der Waals surface area (Å²) < 4.78 is 21.9. The second kappa shape index (κ2) is 13.3. The van der Waals surface area contributed by atoms with Crippen LogP contribution < -0.4 is 29.6 Å². The quantitative estimate of drug-likeness (QED) is 0.395. The molecule has 0 radical (unpaired) electrons. The van der Waals surface area contributed by atoms with E-state index in [9.17, 15) is 0 Å². The topological polar surface area (TPSA) is 73.3 Å². The van der Waals surface area contributed by atoms with Crippen LogP contribution >= 0.6 is 0 Å². The number of hydrogen-bond acceptors (Lipinski definition) is 5. The molecule has 2 aromatic rings. The van der Waals surface area contributed by atoms with Crippen molar-refractivity contribution in [2.75, 3.05) is 41.0 Å². The minimum Gasteiger partial charge on any atom is -0.493 e. The van der Waals surface area contributed by atoms with Crippen LogP contribution in [0.5, 0.6) is 23.0 Å². The van der Waals surface area contributed by atoms with E-state index in [0.717, 1.165) is 66.0 Å². The van der Waals surface area contributed by atoms with Crippen molar-refractivity contribution in [2.45, 2.75) is 33.2 Å². The SMILES string of the molecule is CCCOc1ccc(CN=C(NCC)NCCc2ccc(OC)c(OC)c2)cc1OC. The number of guanidine groups is 1. The molecule has 0 saturated carbocycles. The highest BCUT2D eigenvalue weighted by Crippen LogP contribution is 2.29. The van der Waals surface area contributed by atoms with Crippen LogP contribution in [0.15, 0.2) is 41.4 Å². The number of nitrogens with zero attached hydrogens (tertiary/aromatic N) is 1. The van der Waals surface area contributed by atoms with Crippen molar-refractivity contribution in [3.05, 3.63) is 47.5 Å². The normalized spacial score (nSPS) is 11.1. The van der Waals surface area contributed by atoms with Crippen molar-refractivity contribution >= 4 is 5.96 Å². The first kappa shape index (κ1) is 24.2. The van der Waals surface area contributed by atoms with Crippen LogP contribution in [0.4, 0.5) is 0 Å². The van der Waals surface area contributed by atoms with E-state index < -0.39 is 0 Å². The van der Waals surface area contributed by atoms with Gasteiger partial charge in [-0.3, -0.25) is 0 Å². The molecule has 170 valence electrons. The average Bonchev–Trinajstić information content (AvgIpc) is 2.81. The molecule has 0 atom stereocenters. The average molecular weight is 430 g/mol. The van der Waals surface area contributed by atoms with E-state index in [4.69, 9.17) is 23.9 Å². The van der Waals surface area contributed by atoms with E-state index in [1.54, 1.807) is 21.3 Å². The summed E-state index contributed by atoms with van der Waals surface area (Å²) in [5, 5.41) is 6.67. The lowest BCUT2D eigenvalue weighted by Gasteiger charge is -2.13. The summed E-state index contributed by atoms with van der Waals surface area (Å²) in [4.78, 5) is 4.70. The molecular formula is C24H35N3O4. The first-order chi connectivity index (χ1) is 15.1. The van der Waals surface area contributed by atoms with Crippen molar-refractivity contribution < 1.29 is 18.9 Å². The molecule has 0 spiro atoms. The third kappa shape index (κ3) is 7.59. The van der Waals surface area contributed by atoms with Crippen molar-refractivity contribution in [3.63, 3.8) is 0 Å². The molecule has 31 heavy (non-hydrogen) atoms. The summed E-state index contributed by atoms with van der Waals surface area (Å²) >= 11 is 0. The lowest BCUT2D eigenvalue weighted by Crippen LogP contribution is -2.38. The lowest BCUT2D eigenvalue weighted by molar-refractivity contribution is 0.294. The zero-order chi connectivity index (χ0) is 22.5. The number of benzene rings is 2. The minimum atomic E-state index is 0.538. The maximum atomic E-state index is 5.72. The fraction of sp³-hybridized carbons (Fsp3) is 0.458. The highest BCUT2D eigenvalue weighted by Gasteiger charge is 2.07. The van der Waals surface area contributed by atoms with Crippen LogP contribution in [0.25, 0.3) is 0 Å². The van der Waals surface area contributed by atoms with Gasteiger partial charge in [-0.05, 0) is 55.2 Å². The van der Waals surface area contributed by atoms with Crippen LogP contribution in [-0.4, -0.2) is 47.0 Å². The molecule has 7 heteroatoms. The predicted molar refractivity (Wildman–Crippen MR) is 125 cm³/mol. The molecule has 0 heterocycles. The van der Waals surface area contributed by atoms with Crippen molar-refractivity contribution in [1.82, 2.24) is 10.6 Å². The molecule has 2 N–H and O–H groups in total. The molecule has 0 saturated heterocycles. The van der Waals surface area contributed by atoms with Crippen LogP contribution in [-0.2, 0) is 13.0 Å². The van der Waals surface area contributed by atoms with Gasteiger partial charge in [0.25, 0.3) is 0 Å². The van der Waals surface area contributed by atoms with E-state index in [1.807, 2.05) is 36.4 Å². The highest BCUT2D eigenvalue weighted by molar-refractivity contribution is 5.79. The molecule has 0 aliphatic rings. The van der Waals surface area contributed by atoms with Gasteiger partial charge in [0, 0.05) is 13.1 Å². The zero-order valence-electron chi connectivity index (χ0n) is 19.3. The minimum absolute atomic E-state index is 0.538. The number of ether oxygens (including phenoxy) is 4. The molecule has 0 aromatic heterocycles. The molecule has 0 unspecified atom stereocenters. The molecule has 2 aromatic carbocycles. The third-order valence-corrected chi connectivity index (χ3v) is 4.61. The fourth-order valence-electron chi connectivity index (χ4n) is 3.02.